The van der Waals surface area contributed by atoms with Gasteiger partial charge in [-0.25, -0.2) is 4.68 Å². The molecule has 166 valence electrons. The van der Waals surface area contributed by atoms with Gasteiger partial charge in [0.1, 0.15) is 11.9 Å². The molecular formula is C26H24N4O3. The van der Waals surface area contributed by atoms with Gasteiger partial charge in [0.25, 0.3) is 5.91 Å². The van der Waals surface area contributed by atoms with Crippen LogP contribution in [0.1, 0.15) is 23.7 Å². The molecule has 4 heterocycles. The van der Waals surface area contributed by atoms with E-state index in [0.717, 1.165) is 28.3 Å². The molecule has 1 amide bonds. The van der Waals surface area contributed by atoms with Crippen molar-refractivity contribution in [2.45, 2.75) is 39.1 Å². The van der Waals surface area contributed by atoms with Crippen molar-refractivity contribution >= 4 is 5.91 Å². The molecule has 2 aromatic carbocycles. The van der Waals surface area contributed by atoms with E-state index in [1.54, 1.807) is 0 Å². The van der Waals surface area contributed by atoms with Crippen LogP contribution >= 0.6 is 0 Å². The summed E-state index contributed by atoms with van der Waals surface area (Å²) in [6.45, 7) is 4.87. The van der Waals surface area contributed by atoms with Crippen molar-refractivity contribution in [2.24, 2.45) is 0 Å². The summed E-state index contributed by atoms with van der Waals surface area (Å²) < 4.78 is 16.1. The van der Waals surface area contributed by atoms with E-state index < -0.39 is 6.10 Å². The molecule has 2 atom stereocenters. The minimum atomic E-state index is -0.692. The van der Waals surface area contributed by atoms with Gasteiger partial charge in [-0.3, -0.25) is 4.79 Å². The first-order valence-corrected chi connectivity index (χ1v) is 11.1. The molecule has 0 fully saturated rings. The van der Waals surface area contributed by atoms with E-state index in [1.807, 2.05) is 77.4 Å². The molecule has 0 spiro atoms. The van der Waals surface area contributed by atoms with Gasteiger partial charge in [0.05, 0.1) is 24.5 Å². The molecule has 2 aliphatic heterocycles. The second-order valence-corrected chi connectivity index (χ2v) is 8.54. The Kier molecular flexibility index (Phi) is 4.50. The lowest BCUT2D eigenvalue weighted by atomic mass is 10.1. The second-order valence-electron chi connectivity index (χ2n) is 8.54. The van der Waals surface area contributed by atoms with Crippen LogP contribution in [0.25, 0.3) is 11.5 Å². The highest BCUT2D eigenvalue weighted by molar-refractivity contribution is 5.83. The fourth-order valence-corrected chi connectivity index (χ4v) is 4.64. The Morgan fingerprint density at radius 3 is 2.39 bits per heavy atom. The maximum atomic E-state index is 13.5. The minimum absolute atomic E-state index is 0.0871. The number of nitrogens with zero attached hydrogens (tertiary/aromatic N) is 4. The third-order valence-electron chi connectivity index (χ3n) is 6.32. The molecule has 2 aliphatic rings. The van der Waals surface area contributed by atoms with Crippen LogP contribution in [0, 0.1) is 6.92 Å². The number of rotatable bonds is 3. The average molecular weight is 441 g/mol. The predicted octanol–water partition coefficient (Wildman–Crippen LogP) is 4.04. The molecule has 0 radical (unpaired) electrons. The Hall–Kier alpha value is -4.00. The molecule has 6 rings (SSSR count). The number of para-hydroxylation sites is 3. The Morgan fingerprint density at radius 1 is 0.939 bits per heavy atom. The number of ether oxygens (including phenoxy) is 2. The first-order valence-electron chi connectivity index (χ1n) is 11.1. The lowest BCUT2D eigenvalue weighted by Gasteiger charge is -2.33. The Balaban J connectivity index is 1.33. The summed E-state index contributed by atoms with van der Waals surface area (Å²) >= 11 is 0. The number of hydrogen-bond acceptors (Lipinski definition) is 4. The first kappa shape index (κ1) is 19.7. The number of carbonyl (C=O) groups excluding carboxylic acids is 1. The van der Waals surface area contributed by atoms with Crippen LogP contribution in [0.15, 0.2) is 73.1 Å². The molecule has 0 N–H and O–H groups in total. The Labute approximate surface area is 191 Å². The standard InChI is InChI=1S/C26H24N4O3/c1-17-9-3-4-10-21(17)30-25(28-13-7-8-14-28)19-15-29(16-20(19)27-30)26(31)24-18(2)32-22-11-5-6-12-23(22)33-24/h3-14,18,24H,15-16H2,1-2H3. The van der Waals surface area contributed by atoms with E-state index in [2.05, 4.69) is 23.6 Å². The molecule has 4 aromatic rings. The van der Waals surface area contributed by atoms with E-state index in [0.29, 0.717) is 24.6 Å². The van der Waals surface area contributed by atoms with E-state index in [9.17, 15) is 4.79 Å². The molecule has 0 bridgehead atoms. The fraction of sp³-hybridized carbons (Fsp3) is 0.231. The molecule has 33 heavy (non-hydrogen) atoms. The zero-order valence-electron chi connectivity index (χ0n) is 18.5. The molecule has 2 unspecified atom stereocenters. The van der Waals surface area contributed by atoms with Gasteiger partial charge in [0, 0.05) is 18.0 Å². The van der Waals surface area contributed by atoms with Gasteiger partial charge in [-0.15, -0.1) is 0 Å². The quantitative estimate of drug-likeness (QED) is 0.482. The zero-order valence-corrected chi connectivity index (χ0v) is 18.5. The highest BCUT2D eigenvalue weighted by atomic mass is 16.6. The molecule has 7 heteroatoms. The number of carbonyl (C=O) groups is 1. The number of aryl methyl sites for hydroxylation is 1. The van der Waals surface area contributed by atoms with Crippen molar-refractivity contribution in [3.8, 4) is 23.0 Å². The third kappa shape index (κ3) is 3.19. The Morgan fingerprint density at radius 2 is 1.64 bits per heavy atom. The van der Waals surface area contributed by atoms with Crippen LogP contribution in [0.4, 0.5) is 0 Å². The van der Waals surface area contributed by atoms with Crippen molar-refractivity contribution in [2.75, 3.05) is 0 Å². The summed E-state index contributed by atoms with van der Waals surface area (Å²) in [5.41, 5.74) is 4.12. The molecular weight excluding hydrogens is 416 g/mol. The van der Waals surface area contributed by atoms with E-state index in [-0.39, 0.29) is 12.0 Å². The van der Waals surface area contributed by atoms with Gasteiger partial charge in [0.15, 0.2) is 11.5 Å². The van der Waals surface area contributed by atoms with E-state index >= 15 is 0 Å². The summed E-state index contributed by atoms with van der Waals surface area (Å²) in [6.07, 6.45) is 2.94. The summed E-state index contributed by atoms with van der Waals surface area (Å²) in [7, 11) is 0. The van der Waals surface area contributed by atoms with Gasteiger partial charge < -0.3 is 18.9 Å². The summed E-state index contributed by atoms with van der Waals surface area (Å²) in [4.78, 5) is 15.3. The van der Waals surface area contributed by atoms with Crippen LogP contribution in [-0.2, 0) is 17.9 Å². The minimum Gasteiger partial charge on any atom is -0.482 e. The van der Waals surface area contributed by atoms with Gasteiger partial charge in [0.2, 0.25) is 6.10 Å². The van der Waals surface area contributed by atoms with Gasteiger partial charge in [-0.05, 0) is 49.7 Å². The van der Waals surface area contributed by atoms with E-state index in [1.165, 1.54) is 0 Å². The summed E-state index contributed by atoms with van der Waals surface area (Å²) in [5, 5.41) is 4.94. The van der Waals surface area contributed by atoms with Crippen molar-refractivity contribution in [1.29, 1.82) is 0 Å². The highest BCUT2D eigenvalue weighted by Gasteiger charge is 2.40. The van der Waals surface area contributed by atoms with Crippen molar-refractivity contribution in [3.63, 3.8) is 0 Å². The number of amides is 1. The maximum Gasteiger partial charge on any atom is 0.268 e. The topological polar surface area (TPSA) is 61.5 Å². The van der Waals surface area contributed by atoms with Crippen LogP contribution in [0.3, 0.4) is 0 Å². The number of aromatic nitrogens is 3. The smallest absolute Gasteiger partial charge is 0.268 e. The lowest BCUT2D eigenvalue weighted by Crippen LogP contribution is -2.49. The largest absolute Gasteiger partial charge is 0.482 e. The van der Waals surface area contributed by atoms with Crippen LogP contribution in [0.5, 0.6) is 11.5 Å². The SMILES string of the molecule is Cc1ccccc1-n1nc2c(c1-n1cccc1)CN(C(=O)C1Oc3ccccc3OC1C)C2. The number of fused-ring (bicyclic) bond motifs is 2. The van der Waals surface area contributed by atoms with Crippen LogP contribution < -0.4 is 9.47 Å². The molecule has 0 saturated carbocycles. The molecule has 0 saturated heterocycles. The zero-order chi connectivity index (χ0) is 22.5. The third-order valence-corrected chi connectivity index (χ3v) is 6.32. The van der Waals surface area contributed by atoms with Crippen LogP contribution in [-0.4, -0.2) is 37.4 Å². The van der Waals surface area contributed by atoms with Gasteiger partial charge in [-0.1, -0.05) is 30.3 Å². The first-order chi connectivity index (χ1) is 16.1. The lowest BCUT2D eigenvalue weighted by molar-refractivity contribution is -0.145. The predicted molar refractivity (Wildman–Crippen MR) is 123 cm³/mol. The summed E-state index contributed by atoms with van der Waals surface area (Å²) in [6, 6.07) is 19.6. The van der Waals surface area contributed by atoms with Gasteiger partial charge >= 0.3 is 0 Å². The highest BCUT2D eigenvalue weighted by Crippen LogP contribution is 2.36. The normalized spacial score (nSPS) is 18.9. The molecule has 7 nitrogen and oxygen atoms in total. The number of hydrogen-bond donors (Lipinski definition) is 0. The Bertz CT molecular complexity index is 1340. The summed E-state index contributed by atoms with van der Waals surface area (Å²) in [5.74, 6) is 2.14. The van der Waals surface area contributed by atoms with Crippen molar-refractivity contribution in [1.82, 2.24) is 19.2 Å². The maximum absolute atomic E-state index is 13.5. The average Bonchev–Trinajstić information content (AvgIpc) is 3.55. The molecule has 2 aromatic heterocycles. The van der Waals surface area contributed by atoms with Gasteiger partial charge in [-0.2, -0.15) is 5.10 Å². The van der Waals surface area contributed by atoms with Crippen LogP contribution in [0.2, 0.25) is 0 Å². The van der Waals surface area contributed by atoms with Crippen molar-refractivity contribution < 1.29 is 14.3 Å². The van der Waals surface area contributed by atoms with E-state index in [4.69, 9.17) is 14.6 Å². The number of benzene rings is 2. The second kappa shape index (κ2) is 7.55. The molecule has 0 aliphatic carbocycles. The monoisotopic (exact) mass is 440 g/mol. The van der Waals surface area contributed by atoms with Crippen molar-refractivity contribution in [3.05, 3.63) is 89.9 Å². The fourth-order valence-electron chi connectivity index (χ4n) is 4.64.